The molecule has 0 bridgehead atoms. The Bertz CT molecular complexity index is 624. The molecule has 0 radical (unpaired) electrons. The maximum atomic E-state index is 12.2. The number of amides is 1. The molecule has 2 fully saturated rings. The molecular formula is C17H27N5O2. The third-order valence-corrected chi connectivity index (χ3v) is 5.46. The lowest BCUT2D eigenvalue weighted by molar-refractivity contribution is -0.136. The normalized spacial score (nSPS) is 27.8. The largest absolute Gasteiger partial charge is 0.392 e. The maximum Gasteiger partial charge on any atom is 0.225 e. The molecular weight excluding hydrogens is 306 g/mol. The summed E-state index contributed by atoms with van der Waals surface area (Å²) in [6, 6.07) is 0.161. The second-order valence-electron chi connectivity index (χ2n) is 7.84. The van der Waals surface area contributed by atoms with Crippen molar-refractivity contribution in [3.63, 3.8) is 0 Å². The number of carbonyl (C=O) groups is 1. The number of aliphatic hydroxyl groups excluding tert-OH is 1. The summed E-state index contributed by atoms with van der Waals surface area (Å²) < 4.78 is 2.17. The second-order valence-corrected chi connectivity index (χ2v) is 7.84. The van der Waals surface area contributed by atoms with Gasteiger partial charge in [-0.05, 0) is 25.2 Å². The Morgan fingerprint density at radius 2 is 2.08 bits per heavy atom. The fraction of sp³-hybridized carbons (Fsp3) is 0.824. The van der Waals surface area contributed by atoms with Crippen molar-refractivity contribution < 1.29 is 9.90 Å². The first-order chi connectivity index (χ1) is 11.5. The van der Waals surface area contributed by atoms with Gasteiger partial charge in [0.15, 0.2) is 11.6 Å². The van der Waals surface area contributed by atoms with Gasteiger partial charge in [-0.2, -0.15) is 0 Å². The molecule has 0 aromatic carbocycles. The molecule has 1 aliphatic carbocycles. The van der Waals surface area contributed by atoms with Gasteiger partial charge < -0.3 is 14.6 Å². The van der Waals surface area contributed by atoms with E-state index in [0.29, 0.717) is 13.1 Å². The van der Waals surface area contributed by atoms with Crippen LogP contribution in [0.25, 0.3) is 0 Å². The van der Waals surface area contributed by atoms with Gasteiger partial charge in [-0.1, -0.05) is 13.8 Å². The number of fused-ring (bicyclic) bond motifs is 1. The molecule has 132 valence electrons. The van der Waals surface area contributed by atoms with Crippen molar-refractivity contribution in [1.29, 1.82) is 0 Å². The first kappa shape index (κ1) is 16.0. The van der Waals surface area contributed by atoms with Crippen molar-refractivity contribution >= 4 is 5.91 Å². The number of hydrogen-bond donors (Lipinski definition) is 1. The Morgan fingerprint density at radius 1 is 1.29 bits per heavy atom. The van der Waals surface area contributed by atoms with E-state index in [9.17, 15) is 9.90 Å². The van der Waals surface area contributed by atoms with Crippen molar-refractivity contribution in [1.82, 2.24) is 24.6 Å². The van der Waals surface area contributed by atoms with Gasteiger partial charge in [-0.15, -0.1) is 10.2 Å². The van der Waals surface area contributed by atoms with Crippen LogP contribution in [-0.4, -0.2) is 61.3 Å². The Hall–Kier alpha value is -1.47. The van der Waals surface area contributed by atoms with Gasteiger partial charge in [0.1, 0.15) is 0 Å². The molecule has 1 aromatic heterocycles. The monoisotopic (exact) mass is 333 g/mol. The number of rotatable bonds is 4. The van der Waals surface area contributed by atoms with Crippen LogP contribution in [0.2, 0.25) is 0 Å². The van der Waals surface area contributed by atoms with Crippen molar-refractivity contribution in [2.24, 2.45) is 11.8 Å². The molecule has 1 saturated carbocycles. The number of β-amino-alcohol motifs (C(OH)–C–C–N with tert-alkyl or cyclic N) is 1. The molecule has 3 aliphatic rings. The zero-order valence-corrected chi connectivity index (χ0v) is 14.6. The van der Waals surface area contributed by atoms with E-state index in [1.165, 1.54) is 12.8 Å². The van der Waals surface area contributed by atoms with E-state index in [1.54, 1.807) is 0 Å². The maximum absolute atomic E-state index is 12.2. The van der Waals surface area contributed by atoms with Crippen LogP contribution in [-0.2, 0) is 17.9 Å². The zero-order chi connectivity index (χ0) is 16.8. The fourth-order valence-electron chi connectivity index (χ4n) is 3.96. The third kappa shape index (κ3) is 2.95. The quantitative estimate of drug-likeness (QED) is 0.882. The molecule has 1 amide bonds. The smallest absolute Gasteiger partial charge is 0.225 e. The van der Waals surface area contributed by atoms with Crippen LogP contribution in [0, 0.1) is 11.8 Å². The van der Waals surface area contributed by atoms with Crippen LogP contribution in [0.1, 0.15) is 50.8 Å². The fourth-order valence-corrected chi connectivity index (χ4v) is 3.96. The predicted molar refractivity (Wildman–Crippen MR) is 87.9 cm³/mol. The molecule has 1 aromatic rings. The van der Waals surface area contributed by atoms with E-state index in [-0.39, 0.29) is 24.0 Å². The predicted octanol–water partition coefficient (Wildman–Crippen LogP) is 0.794. The van der Waals surface area contributed by atoms with Crippen molar-refractivity contribution in [2.75, 3.05) is 19.6 Å². The summed E-state index contributed by atoms with van der Waals surface area (Å²) in [4.78, 5) is 16.5. The third-order valence-electron chi connectivity index (χ3n) is 5.46. The standard InChI is InChI=1S/C17H27N5O2/c1-11(2)17(24)20-5-6-22-15(10-20)18-19-16(22)14-7-13(23)9-21(14)8-12-3-4-12/h11-14,23H,3-10H2,1-2H3/t13-,14-/m0/s1. The van der Waals surface area contributed by atoms with Crippen LogP contribution >= 0.6 is 0 Å². The van der Waals surface area contributed by atoms with Crippen molar-refractivity contribution in [2.45, 2.75) is 58.3 Å². The second kappa shape index (κ2) is 6.11. The van der Waals surface area contributed by atoms with Crippen LogP contribution in [0.5, 0.6) is 0 Å². The Balaban J connectivity index is 1.52. The molecule has 7 heteroatoms. The van der Waals surface area contributed by atoms with Crippen LogP contribution in [0.15, 0.2) is 0 Å². The number of hydrogen-bond acceptors (Lipinski definition) is 5. The molecule has 2 atom stereocenters. The molecule has 1 saturated heterocycles. The molecule has 1 N–H and O–H groups in total. The molecule has 4 rings (SSSR count). The number of aliphatic hydroxyl groups is 1. The Kier molecular flexibility index (Phi) is 4.08. The average Bonchev–Trinajstić information content (AvgIpc) is 3.15. The molecule has 7 nitrogen and oxygen atoms in total. The Morgan fingerprint density at radius 3 is 2.79 bits per heavy atom. The van der Waals surface area contributed by atoms with Crippen molar-refractivity contribution in [3.8, 4) is 0 Å². The number of likely N-dealkylation sites (tertiary alicyclic amines) is 1. The highest BCUT2D eigenvalue weighted by Gasteiger charge is 2.39. The summed E-state index contributed by atoms with van der Waals surface area (Å²) in [6.45, 7) is 7.67. The lowest BCUT2D eigenvalue weighted by Crippen LogP contribution is -2.41. The van der Waals surface area contributed by atoms with E-state index in [4.69, 9.17) is 0 Å². The highest BCUT2D eigenvalue weighted by atomic mass is 16.3. The van der Waals surface area contributed by atoms with Gasteiger partial charge >= 0.3 is 0 Å². The minimum absolute atomic E-state index is 0.0120. The highest BCUT2D eigenvalue weighted by Crippen LogP contribution is 2.37. The van der Waals surface area contributed by atoms with Gasteiger partial charge in [-0.3, -0.25) is 9.69 Å². The minimum Gasteiger partial charge on any atom is -0.392 e. The molecule has 3 heterocycles. The lowest BCUT2D eigenvalue weighted by Gasteiger charge is -2.30. The lowest BCUT2D eigenvalue weighted by atomic mass is 10.1. The molecule has 2 aliphatic heterocycles. The Labute approximate surface area is 142 Å². The number of aromatic nitrogens is 3. The first-order valence-corrected chi connectivity index (χ1v) is 9.15. The van der Waals surface area contributed by atoms with Crippen LogP contribution < -0.4 is 0 Å². The SMILES string of the molecule is CC(C)C(=O)N1CCn2c(nnc2[C@@H]2C[C@H](O)CN2CC2CC2)C1. The molecule has 0 unspecified atom stereocenters. The average molecular weight is 333 g/mol. The van der Waals surface area contributed by atoms with Crippen LogP contribution in [0.3, 0.4) is 0 Å². The van der Waals surface area contributed by atoms with E-state index >= 15 is 0 Å². The topological polar surface area (TPSA) is 74.5 Å². The summed E-state index contributed by atoms with van der Waals surface area (Å²) in [7, 11) is 0. The summed E-state index contributed by atoms with van der Waals surface area (Å²) in [5.74, 6) is 2.83. The summed E-state index contributed by atoms with van der Waals surface area (Å²) in [5, 5.41) is 18.9. The van der Waals surface area contributed by atoms with E-state index in [1.807, 2.05) is 18.7 Å². The van der Waals surface area contributed by atoms with Gasteiger partial charge in [0.2, 0.25) is 5.91 Å². The molecule has 24 heavy (non-hydrogen) atoms. The first-order valence-electron chi connectivity index (χ1n) is 9.15. The van der Waals surface area contributed by atoms with E-state index in [0.717, 1.165) is 43.6 Å². The van der Waals surface area contributed by atoms with E-state index in [2.05, 4.69) is 19.7 Å². The van der Waals surface area contributed by atoms with Crippen LogP contribution in [0.4, 0.5) is 0 Å². The van der Waals surface area contributed by atoms with E-state index < -0.39 is 0 Å². The highest BCUT2D eigenvalue weighted by molar-refractivity contribution is 5.78. The summed E-state index contributed by atoms with van der Waals surface area (Å²) >= 11 is 0. The minimum atomic E-state index is -0.274. The molecule has 0 spiro atoms. The number of carbonyl (C=O) groups excluding carboxylic acids is 1. The summed E-state index contributed by atoms with van der Waals surface area (Å²) in [6.07, 6.45) is 3.08. The number of nitrogens with zero attached hydrogens (tertiary/aromatic N) is 5. The zero-order valence-electron chi connectivity index (χ0n) is 14.6. The van der Waals surface area contributed by atoms with Gasteiger partial charge in [0.25, 0.3) is 0 Å². The van der Waals surface area contributed by atoms with Crippen molar-refractivity contribution in [3.05, 3.63) is 11.6 Å². The van der Waals surface area contributed by atoms with Gasteiger partial charge in [0, 0.05) is 32.1 Å². The summed E-state index contributed by atoms with van der Waals surface area (Å²) in [5.41, 5.74) is 0. The van der Waals surface area contributed by atoms with Gasteiger partial charge in [0.05, 0.1) is 18.7 Å². The van der Waals surface area contributed by atoms with Gasteiger partial charge in [-0.25, -0.2) is 0 Å².